The number of phenols is 1. The minimum Gasteiger partial charge on any atom is -0.505 e. The van der Waals surface area contributed by atoms with Gasteiger partial charge in [0.05, 0.1) is 17.6 Å². The second-order valence-corrected chi connectivity index (χ2v) is 14.9. The van der Waals surface area contributed by atoms with Crippen LogP contribution in [0.25, 0.3) is 0 Å². The first-order chi connectivity index (χ1) is 20.3. The first-order valence-corrected chi connectivity index (χ1v) is 17.4. The predicted molar refractivity (Wildman–Crippen MR) is 158 cm³/mol. The van der Waals surface area contributed by atoms with Crippen molar-refractivity contribution in [2.24, 2.45) is 23.2 Å². The number of unbranched alkanes of at least 4 members (excludes halogenated alkanes) is 2. The smallest absolute Gasteiger partial charge is 0.296 e. The van der Waals surface area contributed by atoms with Gasteiger partial charge in [-0.1, -0.05) is 38.0 Å². The summed E-state index contributed by atoms with van der Waals surface area (Å²) in [6.45, 7) is 3.37. The number of ether oxygens (including phenoxy) is 2. The molecule has 0 spiro atoms. The number of rotatable bonds is 10. The van der Waals surface area contributed by atoms with Crippen LogP contribution in [-0.2, 0) is 30.2 Å². The van der Waals surface area contributed by atoms with E-state index in [1.165, 1.54) is 0 Å². The number of fused-ring (bicyclic) bond motifs is 5. The number of halogens is 1. The van der Waals surface area contributed by atoms with E-state index in [1.807, 2.05) is 0 Å². The van der Waals surface area contributed by atoms with Crippen molar-refractivity contribution in [2.75, 3.05) is 13.2 Å². The van der Waals surface area contributed by atoms with Gasteiger partial charge >= 0.3 is 0 Å². The van der Waals surface area contributed by atoms with Crippen LogP contribution < -0.4 is 0 Å². The van der Waals surface area contributed by atoms with Crippen LogP contribution in [0, 0.1) is 29.0 Å². The number of aromatic hydroxyl groups is 1. The molecule has 1 unspecified atom stereocenters. The quantitative estimate of drug-likeness (QED) is 0.225. The maximum absolute atomic E-state index is 14.6. The Labute approximate surface area is 250 Å². The van der Waals surface area contributed by atoms with Crippen LogP contribution in [0.2, 0.25) is 0 Å². The standard InChI is InChI=1S/C34H45FO6S/c1-34-17-16-26-27-22-29(35)30(36)21-24(27)20-23(10-4-3-8-19-40-42(37,38)25-11-5-2-6-12-25)33(26)28(34)14-15-31(34)41-32-13-7-9-18-39-32/h2,5-6,11-12,21-23,26,28,31-33,36H,3-4,7-10,13-20H2,1H3/t23-,26-,28+,31+,32?,33-,34+/m1/s1. The maximum atomic E-state index is 14.6. The zero-order chi connectivity index (χ0) is 29.3. The van der Waals surface area contributed by atoms with E-state index in [0.29, 0.717) is 24.2 Å². The minimum absolute atomic E-state index is 0.0762. The SMILES string of the molecule is C[C@]12CC[C@@H]3c4cc(F)c(O)cc4C[C@@H](CCCCCOS(=O)(=O)c4ccccc4)[C@H]3[C@@H]1CC[C@@H]2OC1CCCCO1. The van der Waals surface area contributed by atoms with Gasteiger partial charge in [0.25, 0.3) is 10.1 Å². The Balaban J connectivity index is 1.13. The van der Waals surface area contributed by atoms with Crippen LogP contribution in [0.1, 0.15) is 94.6 Å². The van der Waals surface area contributed by atoms with E-state index in [9.17, 15) is 17.9 Å². The Morgan fingerprint density at radius 1 is 1.05 bits per heavy atom. The van der Waals surface area contributed by atoms with E-state index >= 15 is 0 Å². The summed E-state index contributed by atoms with van der Waals surface area (Å²) in [6.07, 6.45) is 11.9. The molecule has 8 heteroatoms. The molecule has 1 heterocycles. The summed E-state index contributed by atoms with van der Waals surface area (Å²) in [6, 6.07) is 11.5. The molecule has 230 valence electrons. The molecule has 3 aliphatic carbocycles. The van der Waals surface area contributed by atoms with Gasteiger partial charge in [-0.3, -0.25) is 4.18 Å². The second-order valence-electron chi connectivity index (χ2n) is 13.2. The fourth-order valence-corrected chi connectivity index (χ4v) is 9.72. The molecule has 0 bridgehead atoms. The Morgan fingerprint density at radius 2 is 1.88 bits per heavy atom. The number of hydrogen-bond donors (Lipinski definition) is 1. The fourth-order valence-electron chi connectivity index (χ4n) is 8.76. The van der Waals surface area contributed by atoms with Crippen molar-refractivity contribution in [3.8, 4) is 5.75 Å². The van der Waals surface area contributed by atoms with Gasteiger partial charge in [0.2, 0.25) is 0 Å². The molecule has 2 aromatic rings. The zero-order valence-electron chi connectivity index (χ0n) is 24.7. The van der Waals surface area contributed by atoms with Crippen LogP contribution in [0.3, 0.4) is 0 Å². The lowest BCUT2D eigenvalue weighted by Crippen LogP contribution is -2.48. The van der Waals surface area contributed by atoms with E-state index in [0.717, 1.165) is 88.4 Å². The number of benzene rings is 2. The highest BCUT2D eigenvalue weighted by atomic mass is 32.2. The number of hydrogen-bond acceptors (Lipinski definition) is 6. The van der Waals surface area contributed by atoms with Gasteiger partial charge in [0.15, 0.2) is 17.9 Å². The van der Waals surface area contributed by atoms with Gasteiger partial charge in [-0.05, 0) is 129 Å². The average molecular weight is 601 g/mol. The summed E-state index contributed by atoms with van der Waals surface area (Å²) in [5.41, 5.74) is 2.25. The Morgan fingerprint density at radius 3 is 2.67 bits per heavy atom. The van der Waals surface area contributed by atoms with Crippen LogP contribution in [0.15, 0.2) is 47.4 Å². The van der Waals surface area contributed by atoms with Gasteiger partial charge in [0.1, 0.15) is 0 Å². The van der Waals surface area contributed by atoms with Crippen LogP contribution in [0.5, 0.6) is 5.75 Å². The molecule has 2 aromatic carbocycles. The minimum atomic E-state index is -3.73. The van der Waals surface area contributed by atoms with E-state index in [4.69, 9.17) is 13.7 Å². The van der Waals surface area contributed by atoms with Gasteiger partial charge in [0, 0.05) is 6.61 Å². The molecule has 1 N–H and O–H groups in total. The van der Waals surface area contributed by atoms with Crippen molar-refractivity contribution in [3.63, 3.8) is 0 Å². The molecule has 4 aliphatic rings. The molecule has 1 saturated heterocycles. The maximum Gasteiger partial charge on any atom is 0.296 e. The summed E-state index contributed by atoms with van der Waals surface area (Å²) >= 11 is 0. The molecule has 3 fully saturated rings. The van der Waals surface area contributed by atoms with Gasteiger partial charge in [-0.2, -0.15) is 8.42 Å². The largest absolute Gasteiger partial charge is 0.505 e. The molecule has 6 nitrogen and oxygen atoms in total. The second kappa shape index (κ2) is 12.5. The number of phenolic OH excluding ortho intramolecular Hbond substituents is 1. The van der Waals surface area contributed by atoms with Crippen molar-refractivity contribution in [1.82, 2.24) is 0 Å². The Bertz CT molecular complexity index is 1330. The molecule has 7 atom stereocenters. The van der Waals surface area contributed by atoms with E-state index < -0.39 is 15.9 Å². The topological polar surface area (TPSA) is 82.1 Å². The third kappa shape index (κ3) is 6.01. The van der Waals surface area contributed by atoms with Crippen molar-refractivity contribution < 1.29 is 31.6 Å². The average Bonchev–Trinajstić information content (AvgIpc) is 3.32. The molecule has 0 radical (unpaired) electrons. The molecule has 2 saturated carbocycles. The van der Waals surface area contributed by atoms with Crippen LogP contribution >= 0.6 is 0 Å². The van der Waals surface area contributed by atoms with Crippen molar-refractivity contribution in [2.45, 2.75) is 107 Å². The molecule has 1 aliphatic heterocycles. The van der Waals surface area contributed by atoms with Crippen molar-refractivity contribution in [3.05, 3.63) is 59.4 Å². The zero-order valence-corrected chi connectivity index (χ0v) is 25.5. The normalized spacial score (nSPS) is 32.6. The van der Waals surface area contributed by atoms with Crippen LogP contribution in [-0.4, -0.2) is 39.1 Å². The lowest BCUT2D eigenvalue weighted by Gasteiger charge is -2.54. The summed E-state index contributed by atoms with van der Waals surface area (Å²) in [5, 5.41) is 10.2. The molecule has 0 amide bonds. The summed E-state index contributed by atoms with van der Waals surface area (Å²) in [5.74, 6) is 0.874. The van der Waals surface area contributed by atoms with E-state index in [2.05, 4.69) is 6.92 Å². The summed E-state index contributed by atoms with van der Waals surface area (Å²) in [4.78, 5) is 0.186. The Kier molecular flexibility index (Phi) is 8.97. The third-order valence-corrected chi connectivity index (χ3v) is 12.2. The van der Waals surface area contributed by atoms with Crippen molar-refractivity contribution in [1.29, 1.82) is 0 Å². The molecular weight excluding hydrogens is 555 g/mol. The monoisotopic (exact) mass is 600 g/mol. The predicted octanol–water partition coefficient (Wildman–Crippen LogP) is 7.49. The highest BCUT2D eigenvalue weighted by Gasteiger charge is 2.57. The third-order valence-electron chi connectivity index (χ3n) is 10.8. The van der Waals surface area contributed by atoms with Crippen LogP contribution in [0.4, 0.5) is 4.39 Å². The summed E-state index contributed by atoms with van der Waals surface area (Å²) in [7, 11) is -3.73. The molecule has 6 rings (SSSR count). The molecule has 0 aromatic heterocycles. The first kappa shape index (κ1) is 30.0. The fraction of sp³-hybridized carbons (Fsp3) is 0.647. The lowest BCUT2D eigenvalue weighted by molar-refractivity contribution is -0.213. The van der Waals surface area contributed by atoms with Gasteiger partial charge < -0.3 is 14.6 Å². The molecular formula is C34H45FO6S. The first-order valence-electron chi connectivity index (χ1n) is 16.0. The van der Waals surface area contributed by atoms with Gasteiger partial charge in [-0.25, -0.2) is 4.39 Å². The van der Waals surface area contributed by atoms with Crippen molar-refractivity contribution >= 4 is 10.1 Å². The summed E-state index contributed by atoms with van der Waals surface area (Å²) < 4.78 is 57.4. The molecule has 42 heavy (non-hydrogen) atoms. The highest BCUT2D eigenvalue weighted by Crippen LogP contribution is 2.63. The lowest BCUT2D eigenvalue weighted by atomic mass is 9.52. The highest BCUT2D eigenvalue weighted by molar-refractivity contribution is 7.86. The van der Waals surface area contributed by atoms with E-state index in [-0.39, 0.29) is 41.0 Å². The Hall–Kier alpha value is -2.00. The van der Waals surface area contributed by atoms with E-state index in [1.54, 1.807) is 42.5 Å². The van der Waals surface area contributed by atoms with Gasteiger partial charge in [-0.15, -0.1) is 0 Å².